The highest BCUT2D eigenvalue weighted by atomic mass is 16.5. The lowest BCUT2D eigenvalue weighted by Crippen LogP contribution is -2.36. The minimum absolute atomic E-state index is 0.00783. The molecule has 0 aliphatic rings. The fourth-order valence-corrected chi connectivity index (χ4v) is 1.08. The van der Waals surface area contributed by atoms with E-state index in [-0.39, 0.29) is 30.3 Å². The topological polar surface area (TPSA) is 140 Å². The van der Waals surface area contributed by atoms with Gasteiger partial charge in [-0.2, -0.15) is 0 Å². The normalized spacial score (nSPS) is 9.94. The number of hydrogen-bond acceptors (Lipinski definition) is 7. The Labute approximate surface area is 95.9 Å². The third-order valence-electron chi connectivity index (χ3n) is 1.72. The van der Waals surface area contributed by atoms with Crippen molar-refractivity contribution in [2.75, 3.05) is 12.3 Å². The molecule has 0 atom stereocenters. The van der Waals surface area contributed by atoms with Crippen LogP contribution in [0.4, 0.5) is 10.7 Å². The SMILES string of the molecule is CCOC(=O)c1c(CNNC(=O)O)noc1N. The predicted octanol–water partition coefficient (Wildman–Crippen LogP) is -0.294. The Morgan fingerprint density at radius 2 is 2.29 bits per heavy atom. The molecule has 5 N–H and O–H groups in total. The van der Waals surface area contributed by atoms with Gasteiger partial charge in [0, 0.05) is 0 Å². The van der Waals surface area contributed by atoms with Crippen LogP contribution >= 0.6 is 0 Å². The van der Waals surface area contributed by atoms with Gasteiger partial charge in [-0.3, -0.25) is 5.43 Å². The largest absolute Gasteiger partial charge is 0.464 e. The molecule has 0 saturated carbocycles. The van der Waals surface area contributed by atoms with Crippen LogP contribution in [-0.2, 0) is 11.3 Å². The number of hydrogen-bond donors (Lipinski definition) is 4. The van der Waals surface area contributed by atoms with Crippen molar-refractivity contribution in [2.24, 2.45) is 0 Å². The molecule has 0 spiro atoms. The molecule has 1 aromatic rings. The highest BCUT2D eigenvalue weighted by Crippen LogP contribution is 2.17. The molecule has 9 heteroatoms. The molecule has 0 bridgehead atoms. The summed E-state index contributed by atoms with van der Waals surface area (Å²) < 4.78 is 9.38. The zero-order valence-electron chi connectivity index (χ0n) is 9.02. The van der Waals surface area contributed by atoms with Crippen LogP contribution in [0.1, 0.15) is 23.0 Å². The molecule has 1 rings (SSSR count). The molecule has 0 saturated heterocycles. The summed E-state index contributed by atoms with van der Waals surface area (Å²) in [6, 6.07) is 0. The quantitative estimate of drug-likeness (QED) is 0.409. The Morgan fingerprint density at radius 3 is 2.88 bits per heavy atom. The van der Waals surface area contributed by atoms with Gasteiger partial charge in [-0.25, -0.2) is 15.0 Å². The number of carbonyl (C=O) groups is 2. The summed E-state index contributed by atoms with van der Waals surface area (Å²) >= 11 is 0. The van der Waals surface area contributed by atoms with Crippen molar-refractivity contribution in [1.29, 1.82) is 0 Å². The van der Waals surface area contributed by atoms with Gasteiger partial charge in [0.1, 0.15) is 11.3 Å². The highest BCUT2D eigenvalue weighted by Gasteiger charge is 2.22. The number of esters is 1. The molecule has 0 fully saturated rings. The molecule has 0 aliphatic carbocycles. The van der Waals surface area contributed by atoms with E-state index in [1.165, 1.54) is 0 Å². The van der Waals surface area contributed by atoms with E-state index < -0.39 is 12.1 Å². The number of rotatable bonds is 5. The average Bonchev–Trinajstić information content (AvgIpc) is 2.60. The van der Waals surface area contributed by atoms with E-state index in [2.05, 4.69) is 15.1 Å². The number of aromatic nitrogens is 1. The first kappa shape index (κ1) is 12.8. The van der Waals surface area contributed by atoms with Gasteiger partial charge >= 0.3 is 12.1 Å². The molecule has 0 aromatic carbocycles. The first-order valence-corrected chi connectivity index (χ1v) is 4.69. The second kappa shape index (κ2) is 5.70. The molecule has 17 heavy (non-hydrogen) atoms. The van der Waals surface area contributed by atoms with Gasteiger partial charge in [0.25, 0.3) is 0 Å². The zero-order valence-corrected chi connectivity index (χ0v) is 9.02. The maximum Gasteiger partial charge on any atom is 0.419 e. The number of anilines is 1. The maximum absolute atomic E-state index is 11.5. The summed E-state index contributed by atoms with van der Waals surface area (Å²) in [6.45, 7) is 1.77. The van der Waals surface area contributed by atoms with Crippen molar-refractivity contribution in [2.45, 2.75) is 13.5 Å². The maximum atomic E-state index is 11.5. The first-order chi connectivity index (χ1) is 8.06. The van der Waals surface area contributed by atoms with Crippen molar-refractivity contribution in [3.8, 4) is 0 Å². The lowest BCUT2D eigenvalue weighted by atomic mass is 10.2. The standard InChI is InChI=1S/C8H12N4O5/c1-2-16-7(13)5-4(12-17-6(5)9)3-10-11-8(14)15/h10-11H,2-3,9H2,1H3,(H,14,15). The number of nitrogens with two attached hydrogens (primary N) is 1. The average molecular weight is 244 g/mol. The molecule has 1 aromatic heterocycles. The number of hydrazine groups is 1. The fourth-order valence-electron chi connectivity index (χ4n) is 1.08. The fraction of sp³-hybridized carbons (Fsp3) is 0.375. The summed E-state index contributed by atoms with van der Waals surface area (Å²) in [7, 11) is 0. The Balaban J connectivity index is 2.72. The summed E-state index contributed by atoms with van der Waals surface area (Å²) in [4.78, 5) is 21.7. The highest BCUT2D eigenvalue weighted by molar-refractivity contribution is 5.94. The molecule has 94 valence electrons. The molecule has 1 heterocycles. The first-order valence-electron chi connectivity index (χ1n) is 4.69. The van der Waals surface area contributed by atoms with Crippen LogP contribution in [0.2, 0.25) is 0 Å². The molecule has 1 amide bonds. The van der Waals surface area contributed by atoms with Gasteiger partial charge in [-0.1, -0.05) is 5.16 Å². The van der Waals surface area contributed by atoms with Gasteiger partial charge in [0.2, 0.25) is 5.88 Å². The summed E-state index contributed by atoms with van der Waals surface area (Å²) in [5.41, 5.74) is 9.77. The number of nitrogens with one attached hydrogen (secondary N) is 2. The Morgan fingerprint density at radius 1 is 1.59 bits per heavy atom. The Hall–Kier alpha value is -2.29. The van der Waals surface area contributed by atoms with Crippen LogP contribution in [0.3, 0.4) is 0 Å². The number of nitrogen functional groups attached to an aromatic ring is 1. The van der Waals surface area contributed by atoms with E-state index in [9.17, 15) is 9.59 Å². The number of carbonyl (C=O) groups excluding carboxylic acids is 1. The van der Waals surface area contributed by atoms with E-state index in [4.69, 9.17) is 15.6 Å². The summed E-state index contributed by atoms with van der Waals surface area (Å²) in [5, 5.41) is 11.8. The van der Waals surface area contributed by atoms with Gasteiger partial charge in [0.15, 0.2) is 0 Å². The Kier molecular flexibility index (Phi) is 4.29. The molecule has 0 aliphatic heterocycles. The second-order valence-corrected chi connectivity index (χ2v) is 2.87. The van der Waals surface area contributed by atoms with E-state index in [0.29, 0.717) is 0 Å². The molecule has 9 nitrogen and oxygen atoms in total. The number of amides is 1. The van der Waals surface area contributed by atoms with Crippen LogP contribution in [0.5, 0.6) is 0 Å². The van der Waals surface area contributed by atoms with Crippen LogP contribution in [-0.4, -0.2) is 28.9 Å². The van der Waals surface area contributed by atoms with Gasteiger partial charge in [-0.15, -0.1) is 0 Å². The van der Waals surface area contributed by atoms with Crippen molar-refractivity contribution in [3.05, 3.63) is 11.3 Å². The van der Waals surface area contributed by atoms with Crippen LogP contribution in [0.15, 0.2) is 4.52 Å². The number of ether oxygens (including phenoxy) is 1. The molecule has 0 radical (unpaired) electrons. The minimum atomic E-state index is -1.26. The second-order valence-electron chi connectivity index (χ2n) is 2.87. The van der Waals surface area contributed by atoms with Gasteiger partial charge in [0.05, 0.1) is 13.2 Å². The molecule has 0 unspecified atom stereocenters. The van der Waals surface area contributed by atoms with Gasteiger partial charge < -0.3 is 20.1 Å². The van der Waals surface area contributed by atoms with Crippen molar-refractivity contribution >= 4 is 17.9 Å². The zero-order chi connectivity index (χ0) is 12.8. The minimum Gasteiger partial charge on any atom is -0.464 e. The third-order valence-corrected chi connectivity index (χ3v) is 1.72. The van der Waals surface area contributed by atoms with E-state index in [1.807, 2.05) is 5.43 Å². The smallest absolute Gasteiger partial charge is 0.419 e. The Bertz CT molecular complexity index is 416. The summed E-state index contributed by atoms with van der Waals surface area (Å²) in [6.07, 6.45) is -1.26. The molecular formula is C8H12N4O5. The lowest BCUT2D eigenvalue weighted by Gasteiger charge is -2.03. The monoisotopic (exact) mass is 244 g/mol. The molecular weight excluding hydrogens is 232 g/mol. The van der Waals surface area contributed by atoms with Crippen LogP contribution < -0.4 is 16.6 Å². The van der Waals surface area contributed by atoms with Crippen molar-refractivity contribution in [3.63, 3.8) is 0 Å². The predicted molar refractivity (Wildman–Crippen MR) is 54.9 cm³/mol. The van der Waals surface area contributed by atoms with Crippen molar-refractivity contribution < 1.29 is 24.0 Å². The van der Waals surface area contributed by atoms with Crippen LogP contribution in [0, 0.1) is 0 Å². The third kappa shape index (κ3) is 3.34. The van der Waals surface area contributed by atoms with E-state index in [0.717, 1.165) is 0 Å². The number of carboxylic acid groups (broad SMARTS) is 1. The number of nitrogens with zero attached hydrogens (tertiary/aromatic N) is 1. The van der Waals surface area contributed by atoms with Crippen molar-refractivity contribution in [1.82, 2.24) is 16.0 Å². The van der Waals surface area contributed by atoms with E-state index >= 15 is 0 Å². The lowest BCUT2D eigenvalue weighted by molar-refractivity contribution is 0.0526. The van der Waals surface area contributed by atoms with Gasteiger partial charge in [-0.05, 0) is 6.92 Å². The summed E-state index contributed by atoms with van der Waals surface area (Å²) in [5.74, 6) is -0.839. The van der Waals surface area contributed by atoms with Crippen LogP contribution in [0.25, 0.3) is 0 Å². The van der Waals surface area contributed by atoms with E-state index in [1.54, 1.807) is 6.92 Å².